The summed E-state index contributed by atoms with van der Waals surface area (Å²) in [5, 5.41) is 6.74. The Bertz CT molecular complexity index is 1580. The lowest BCUT2D eigenvalue weighted by Gasteiger charge is -2.18. The van der Waals surface area contributed by atoms with E-state index in [9.17, 15) is 18.0 Å². The molecule has 0 unspecified atom stereocenters. The van der Waals surface area contributed by atoms with Crippen molar-refractivity contribution >= 4 is 33.7 Å². The van der Waals surface area contributed by atoms with E-state index >= 15 is 0 Å². The minimum absolute atomic E-state index is 0.117. The van der Waals surface area contributed by atoms with Gasteiger partial charge in [0, 0.05) is 12.1 Å². The molecule has 4 aromatic carbocycles. The van der Waals surface area contributed by atoms with Gasteiger partial charge in [-0.05, 0) is 66.6 Å². The van der Waals surface area contributed by atoms with E-state index in [0.29, 0.717) is 22.6 Å². The van der Waals surface area contributed by atoms with Crippen molar-refractivity contribution in [3.8, 4) is 5.75 Å². The summed E-state index contributed by atoms with van der Waals surface area (Å²) in [6, 6.07) is 30.5. The van der Waals surface area contributed by atoms with E-state index in [0.717, 1.165) is 5.56 Å². The predicted molar refractivity (Wildman–Crippen MR) is 158 cm³/mol. The fourth-order valence-corrected chi connectivity index (χ4v) is 5.04. The zero-order valence-corrected chi connectivity index (χ0v) is 23.2. The molecule has 0 bridgehead atoms. The lowest BCUT2D eigenvalue weighted by atomic mass is 10.0. The van der Waals surface area contributed by atoms with Gasteiger partial charge in [-0.1, -0.05) is 66.2 Å². The third kappa shape index (κ3) is 9.13. The summed E-state index contributed by atoms with van der Waals surface area (Å²) in [6.07, 6.45) is 1.29. The van der Waals surface area contributed by atoms with E-state index < -0.39 is 22.0 Å². The molecule has 0 spiro atoms. The molecule has 10 heteroatoms. The van der Waals surface area contributed by atoms with Crippen LogP contribution in [0.4, 0.5) is 5.69 Å². The van der Waals surface area contributed by atoms with Crippen LogP contribution in [-0.2, 0) is 19.6 Å². The number of benzene rings is 4. The molecular weight excluding hydrogens is 540 g/mol. The number of carbonyl (C=O) groups excluding carboxylic acids is 2. The highest BCUT2D eigenvalue weighted by Gasteiger charge is 2.23. The highest BCUT2D eigenvalue weighted by Crippen LogP contribution is 2.21. The van der Waals surface area contributed by atoms with Crippen molar-refractivity contribution in [2.75, 3.05) is 11.9 Å². The summed E-state index contributed by atoms with van der Waals surface area (Å²) in [4.78, 5) is 24.9. The summed E-state index contributed by atoms with van der Waals surface area (Å²) in [5.41, 5.74) is 5.42. The maximum absolute atomic E-state index is 13.0. The largest absolute Gasteiger partial charge is 0.484 e. The lowest BCUT2D eigenvalue weighted by Crippen LogP contribution is -2.32. The first-order valence-corrected chi connectivity index (χ1v) is 14.3. The van der Waals surface area contributed by atoms with Crippen molar-refractivity contribution < 1.29 is 22.7 Å². The Hall–Kier alpha value is -4.80. The van der Waals surface area contributed by atoms with Gasteiger partial charge in [0.25, 0.3) is 5.91 Å². The van der Waals surface area contributed by atoms with Crippen LogP contribution < -0.4 is 20.2 Å². The molecule has 4 rings (SSSR count). The van der Waals surface area contributed by atoms with Crippen LogP contribution in [0.1, 0.15) is 29.2 Å². The molecule has 1 atom stereocenters. The summed E-state index contributed by atoms with van der Waals surface area (Å²) in [6.45, 7) is 1.73. The molecule has 4 aromatic rings. The van der Waals surface area contributed by atoms with E-state index in [1.807, 2.05) is 31.2 Å². The first-order valence-electron chi connectivity index (χ1n) is 12.8. The van der Waals surface area contributed by atoms with Gasteiger partial charge in [-0.2, -0.15) is 5.10 Å². The molecule has 0 aliphatic carbocycles. The van der Waals surface area contributed by atoms with Gasteiger partial charge >= 0.3 is 0 Å². The quantitative estimate of drug-likeness (QED) is 0.170. The highest BCUT2D eigenvalue weighted by molar-refractivity contribution is 7.89. The molecule has 0 saturated carbocycles. The summed E-state index contributed by atoms with van der Waals surface area (Å²) in [7, 11) is -3.87. The summed E-state index contributed by atoms with van der Waals surface area (Å²) < 4.78 is 34.2. The van der Waals surface area contributed by atoms with Crippen LogP contribution in [0.2, 0.25) is 0 Å². The maximum Gasteiger partial charge on any atom is 0.262 e. The molecule has 0 aromatic heterocycles. The zero-order valence-electron chi connectivity index (χ0n) is 22.4. The van der Waals surface area contributed by atoms with Crippen LogP contribution in [0.3, 0.4) is 0 Å². The predicted octanol–water partition coefficient (Wildman–Crippen LogP) is 4.57. The van der Waals surface area contributed by atoms with Gasteiger partial charge in [0.1, 0.15) is 5.75 Å². The van der Waals surface area contributed by atoms with Gasteiger partial charge in [0.05, 0.1) is 17.2 Å². The van der Waals surface area contributed by atoms with Crippen molar-refractivity contribution in [1.82, 2.24) is 10.1 Å². The SMILES string of the molecule is Cc1ccc(S(=O)(=O)N[C@@H](CC(=O)N/N=C\c2ccc(OCC(=O)Nc3ccccc3)cc2)c2ccccc2)cc1. The zero-order chi connectivity index (χ0) is 29.1. The van der Waals surface area contributed by atoms with Crippen LogP contribution in [0.5, 0.6) is 5.75 Å². The molecule has 0 aliphatic rings. The number of ether oxygens (including phenoxy) is 1. The Kier molecular flexibility index (Phi) is 9.98. The number of rotatable bonds is 12. The maximum atomic E-state index is 13.0. The van der Waals surface area contributed by atoms with E-state index in [2.05, 4.69) is 20.6 Å². The second kappa shape index (κ2) is 14.0. The minimum atomic E-state index is -3.87. The molecule has 0 fully saturated rings. The van der Waals surface area contributed by atoms with Crippen molar-refractivity contribution in [3.63, 3.8) is 0 Å². The van der Waals surface area contributed by atoms with Crippen molar-refractivity contribution in [3.05, 3.63) is 126 Å². The molecular formula is C31H30N4O5S. The molecule has 210 valence electrons. The average Bonchev–Trinajstić information content (AvgIpc) is 2.97. The molecule has 9 nitrogen and oxygen atoms in total. The van der Waals surface area contributed by atoms with E-state index in [1.54, 1.807) is 72.8 Å². The van der Waals surface area contributed by atoms with Crippen LogP contribution >= 0.6 is 0 Å². The standard InChI is InChI=1S/C31H30N4O5S/c1-23-12-18-28(19-13-23)41(38,39)35-29(25-8-4-2-5-9-25)20-30(36)34-32-21-24-14-16-27(17-15-24)40-22-31(37)33-26-10-6-3-7-11-26/h2-19,21,29,35H,20,22H2,1H3,(H,33,37)(H,34,36)/b32-21-/t29-/m0/s1. The number of amides is 2. The van der Waals surface area contributed by atoms with Crippen LogP contribution in [0, 0.1) is 6.92 Å². The topological polar surface area (TPSA) is 126 Å². The number of sulfonamides is 1. The summed E-state index contributed by atoms with van der Waals surface area (Å²) >= 11 is 0. The smallest absolute Gasteiger partial charge is 0.262 e. The molecule has 0 aliphatic heterocycles. The number of aryl methyl sites for hydroxylation is 1. The number of hydrogen-bond donors (Lipinski definition) is 3. The Morgan fingerprint density at radius 1 is 0.829 bits per heavy atom. The molecule has 0 saturated heterocycles. The van der Waals surface area contributed by atoms with Crippen LogP contribution in [0.25, 0.3) is 0 Å². The van der Waals surface area contributed by atoms with Crippen molar-refractivity contribution in [1.29, 1.82) is 0 Å². The molecule has 0 heterocycles. The number of nitrogens with zero attached hydrogens (tertiary/aromatic N) is 1. The number of nitrogens with one attached hydrogen (secondary N) is 3. The molecule has 0 radical (unpaired) electrons. The van der Waals surface area contributed by atoms with E-state index in [-0.39, 0.29) is 23.8 Å². The fourth-order valence-electron chi connectivity index (χ4n) is 3.81. The Morgan fingerprint density at radius 3 is 2.12 bits per heavy atom. The molecule has 41 heavy (non-hydrogen) atoms. The van der Waals surface area contributed by atoms with Gasteiger partial charge in [-0.25, -0.2) is 18.6 Å². The number of carbonyl (C=O) groups is 2. The third-order valence-electron chi connectivity index (χ3n) is 5.93. The number of hydrazone groups is 1. The van der Waals surface area contributed by atoms with E-state index in [1.165, 1.54) is 18.3 Å². The Labute approximate surface area is 239 Å². The second-order valence-electron chi connectivity index (χ2n) is 9.17. The van der Waals surface area contributed by atoms with Gasteiger partial charge < -0.3 is 10.1 Å². The fraction of sp³-hybridized carbons (Fsp3) is 0.129. The van der Waals surface area contributed by atoms with Crippen molar-refractivity contribution in [2.24, 2.45) is 5.10 Å². The molecule has 2 amide bonds. The first-order chi connectivity index (χ1) is 19.8. The second-order valence-corrected chi connectivity index (χ2v) is 10.9. The Balaban J connectivity index is 1.31. The van der Waals surface area contributed by atoms with Gasteiger partial charge in [0.15, 0.2) is 6.61 Å². The number of para-hydroxylation sites is 1. The number of anilines is 1. The van der Waals surface area contributed by atoms with Crippen LogP contribution in [-0.4, -0.2) is 33.1 Å². The highest BCUT2D eigenvalue weighted by atomic mass is 32.2. The first kappa shape index (κ1) is 29.2. The van der Waals surface area contributed by atoms with Gasteiger partial charge in [-0.3, -0.25) is 9.59 Å². The van der Waals surface area contributed by atoms with Gasteiger partial charge in [0.2, 0.25) is 15.9 Å². The summed E-state index contributed by atoms with van der Waals surface area (Å²) in [5.74, 6) is -0.244. The minimum Gasteiger partial charge on any atom is -0.484 e. The normalized spacial score (nSPS) is 12.0. The third-order valence-corrected chi connectivity index (χ3v) is 7.42. The van der Waals surface area contributed by atoms with Crippen molar-refractivity contribution in [2.45, 2.75) is 24.3 Å². The molecule has 3 N–H and O–H groups in total. The Morgan fingerprint density at radius 2 is 1.46 bits per heavy atom. The average molecular weight is 571 g/mol. The monoisotopic (exact) mass is 570 g/mol. The van der Waals surface area contributed by atoms with Gasteiger partial charge in [-0.15, -0.1) is 0 Å². The lowest BCUT2D eigenvalue weighted by molar-refractivity contribution is -0.121. The number of hydrogen-bond acceptors (Lipinski definition) is 6. The van der Waals surface area contributed by atoms with Crippen LogP contribution in [0.15, 0.2) is 119 Å². The van der Waals surface area contributed by atoms with E-state index in [4.69, 9.17) is 4.74 Å².